The van der Waals surface area contributed by atoms with Gasteiger partial charge in [-0.1, -0.05) is 0 Å². The number of ether oxygens (including phenoxy) is 2. The lowest BCUT2D eigenvalue weighted by molar-refractivity contribution is -0.141. The van der Waals surface area contributed by atoms with E-state index in [0.29, 0.717) is 6.07 Å². The van der Waals surface area contributed by atoms with Crippen molar-refractivity contribution in [1.29, 1.82) is 5.26 Å². The first kappa shape index (κ1) is 15.7. The Morgan fingerprint density at radius 2 is 1.95 bits per heavy atom. The molecule has 0 aliphatic carbocycles. The number of nitriles is 1. The summed E-state index contributed by atoms with van der Waals surface area (Å²) in [5, 5.41) is 8.71. The second-order valence-electron chi connectivity index (χ2n) is 3.37. The van der Waals surface area contributed by atoms with Gasteiger partial charge in [0.1, 0.15) is 11.8 Å². The van der Waals surface area contributed by atoms with Crippen molar-refractivity contribution in [2.45, 2.75) is 12.8 Å². The first-order valence-corrected chi connectivity index (χ1v) is 4.89. The number of methoxy groups -OCH3 is 1. The first-order chi connectivity index (χ1) is 9.20. The molecule has 4 nitrogen and oxygen atoms in total. The number of nitrogens with zero attached hydrogens (tertiary/aromatic N) is 1. The van der Waals surface area contributed by atoms with E-state index >= 15 is 0 Å². The van der Waals surface area contributed by atoms with Crippen LogP contribution in [0.5, 0.6) is 5.75 Å². The molecule has 0 saturated carbocycles. The Kier molecular flexibility index (Phi) is 4.49. The van der Waals surface area contributed by atoms with Crippen LogP contribution in [0.4, 0.5) is 22.0 Å². The van der Waals surface area contributed by atoms with Gasteiger partial charge in [0.05, 0.1) is 23.8 Å². The molecular formula is C11H6F5NO3. The molecular weight excluding hydrogens is 289 g/mol. The standard InChI is InChI=1S/C11H6F5NO3/c1-19-9(18)6-3-8(20-10(12)13)7(11(14,15)16)2-5(6)4-17/h2-3,10H,1H3. The van der Waals surface area contributed by atoms with Gasteiger partial charge in [0.15, 0.2) is 0 Å². The molecule has 0 aliphatic rings. The average Bonchev–Trinajstić information content (AvgIpc) is 2.35. The van der Waals surface area contributed by atoms with Gasteiger partial charge in [-0.25, -0.2) is 4.79 Å². The SMILES string of the molecule is COC(=O)c1cc(OC(F)F)c(C(F)(F)F)cc1C#N. The molecule has 9 heteroatoms. The zero-order valence-electron chi connectivity index (χ0n) is 9.79. The van der Waals surface area contributed by atoms with Crippen LogP contribution in [0.3, 0.4) is 0 Å². The Balaban J connectivity index is 3.54. The van der Waals surface area contributed by atoms with E-state index in [2.05, 4.69) is 9.47 Å². The molecule has 0 saturated heterocycles. The van der Waals surface area contributed by atoms with Crippen molar-refractivity contribution < 1.29 is 36.2 Å². The summed E-state index contributed by atoms with van der Waals surface area (Å²) < 4.78 is 70.3. The number of carbonyl (C=O) groups excluding carboxylic acids is 1. The Morgan fingerprint density at radius 1 is 1.35 bits per heavy atom. The molecule has 0 N–H and O–H groups in total. The molecule has 108 valence electrons. The third kappa shape index (κ3) is 3.34. The minimum atomic E-state index is -5.02. The highest BCUT2D eigenvalue weighted by molar-refractivity contribution is 5.93. The van der Waals surface area contributed by atoms with Gasteiger partial charge in [-0.3, -0.25) is 0 Å². The molecule has 0 aliphatic heterocycles. The maximum Gasteiger partial charge on any atom is 0.420 e. The third-order valence-corrected chi connectivity index (χ3v) is 2.17. The van der Waals surface area contributed by atoms with E-state index in [1.54, 1.807) is 0 Å². The van der Waals surface area contributed by atoms with Crippen molar-refractivity contribution in [3.8, 4) is 11.8 Å². The molecule has 0 fully saturated rings. The van der Waals surface area contributed by atoms with E-state index in [1.807, 2.05) is 0 Å². The predicted molar refractivity (Wildman–Crippen MR) is 54.1 cm³/mol. The van der Waals surface area contributed by atoms with Crippen molar-refractivity contribution in [3.05, 3.63) is 28.8 Å². The number of esters is 1. The molecule has 20 heavy (non-hydrogen) atoms. The second kappa shape index (κ2) is 5.73. The summed E-state index contributed by atoms with van der Waals surface area (Å²) in [6.45, 7) is -3.52. The summed E-state index contributed by atoms with van der Waals surface area (Å²) in [6, 6.07) is 2.02. The highest BCUT2D eigenvalue weighted by atomic mass is 19.4. The van der Waals surface area contributed by atoms with Crippen LogP contribution in [0.2, 0.25) is 0 Å². The van der Waals surface area contributed by atoms with E-state index in [4.69, 9.17) is 5.26 Å². The Hall–Kier alpha value is -2.37. The van der Waals surface area contributed by atoms with Crippen LogP contribution in [0.25, 0.3) is 0 Å². The normalized spacial score (nSPS) is 11.1. The third-order valence-electron chi connectivity index (χ3n) is 2.17. The molecule has 0 aromatic heterocycles. The first-order valence-electron chi connectivity index (χ1n) is 4.89. The molecule has 0 spiro atoms. The number of rotatable bonds is 3. The van der Waals surface area contributed by atoms with Gasteiger partial charge < -0.3 is 9.47 Å². The largest absolute Gasteiger partial charge is 0.465 e. The molecule has 1 aromatic rings. The van der Waals surface area contributed by atoms with Crippen molar-refractivity contribution in [1.82, 2.24) is 0 Å². The lowest BCUT2D eigenvalue weighted by Crippen LogP contribution is -2.14. The summed E-state index contributed by atoms with van der Waals surface area (Å²) in [5.41, 5.74) is -2.84. The fraction of sp³-hybridized carbons (Fsp3) is 0.273. The smallest absolute Gasteiger partial charge is 0.420 e. The number of carbonyl (C=O) groups is 1. The summed E-state index contributed by atoms with van der Waals surface area (Å²) in [4.78, 5) is 11.3. The minimum absolute atomic E-state index is 0.254. The molecule has 0 radical (unpaired) electrons. The Morgan fingerprint density at radius 3 is 2.35 bits per heavy atom. The monoisotopic (exact) mass is 295 g/mol. The summed E-state index contributed by atoms with van der Waals surface area (Å²) in [6.07, 6.45) is -5.02. The molecule has 1 aromatic carbocycles. The maximum absolute atomic E-state index is 12.7. The molecule has 0 bridgehead atoms. The van der Waals surface area contributed by atoms with Crippen molar-refractivity contribution >= 4 is 5.97 Å². The topological polar surface area (TPSA) is 59.3 Å². The highest BCUT2D eigenvalue weighted by Crippen LogP contribution is 2.38. The fourth-order valence-corrected chi connectivity index (χ4v) is 1.37. The van der Waals surface area contributed by atoms with Gasteiger partial charge in [-0.05, 0) is 12.1 Å². The quantitative estimate of drug-likeness (QED) is 0.635. The number of hydrogen-bond acceptors (Lipinski definition) is 4. The van der Waals surface area contributed by atoms with E-state index in [1.165, 1.54) is 6.07 Å². The van der Waals surface area contributed by atoms with Crippen LogP contribution < -0.4 is 4.74 Å². The molecule has 0 unspecified atom stereocenters. The number of hydrogen-bond donors (Lipinski definition) is 0. The van der Waals surface area contributed by atoms with Gasteiger partial charge >= 0.3 is 18.8 Å². The summed E-state index contributed by atoms with van der Waals surface area (Å²) in [7, 11) is 0.925. The molecule has 0 heterocycles. The van der Waals surface area contributed by atoms with Crippen LogP contribution in [-0.4, -0.2) is 19.7 Å². The van der Waals surface area contributed by atoms with Crippen molar-refractivity contribution in [2.24, 2.45) is 0 Å². The van der Waals surface area contributed by atoms with Crippen molar-refractivity contribution in [2.75, 3.05) is 7.11 Å². The molecule has 0 atom stereocenters. The van der Waals surface area contributed by atoms with Crippen LogP contribution in [0.1, 0.15) is 21.5 Å². The van der Waals surface area contributed by atoms with E-state index in [-0.39, 0.29) is 6.07 Å². The van der Waals surface area contributed by atoms with Gasteiger partial charge in [-0.2, -0.15) is 27.2 Å². The number of halogens is 5. The van der Waals surface area contributed by atoms with E-state index in [9.17, 15) is 26.7 Å². The molecule has 1 rings (SSSR count). The molecule has 0 amide bonds. The van der Waals surface area contributed by atoms with Crippen molar-refractivity contribution in [3.63, 3.8) is 0 Å². The van der Waals surface area contributed by atoms with Crippen LogP contribution in [0.15, 0.2) is 12.1 Å². The predicted octanol–water partition coefficient (Wildman–Crippen LogP) is 2.97. The Labute approximate surface area is 109 Å². The second-order valence-corrected chi connectivity index (χ2v) is 3.37. The average molecular weight is 295 g/mol. The number of benzene rings is 1. The summed E-state index contributed by atoms with van der Waals surface area (Å²) in [5.74, 6) is -2.40. The Bertz CT molecular complexity index is 562. The number of alkyl halides is 5. The van der Waals surface area contributed by atoms with Crippen LogP contribution >= 0.6 is 0 Å². The lowest BCUT2D eigenvalue weighted by Gasteiger charge is -2.15. The zero-order valence-corrected chi connectivity index (χ0v) is 9.79. The van der Waals surface area contributed by atoms with Gasteiger partial charge in [0, 0.05) is 0 Å². The highest BCUT2D eigenvalue weighted by Gasteiger charge is 2.37. The minimum Gasteiger partial charge on any atom is -0.465 e. The van der Waals surface area contributed by atoms with Gasteiger partial charge in [0.25, 0.3) is 0 Å². The van der Waals surface area contributed by atoms with E-state index < -0.39 is 41.2 Å². The zero-order chi connectivity index (χ0) is 15.5. The van der Waals surface area contributed by atoms with Crippen LogP contribution in [-0.2, 0) is 10.9 Å². The van der Waals surface area contributed by atoms with Crippen LogP contribution in [0, 0.1) is 11.3 Å². The maximum atomic E-state index is 12.7. The fourth-order valence-electron chi connectivity index (χ4n) is 1.37. The van der Waals surface area contributed by atoms with Gasteiger partial charge in [-0.15, -0.1) is 0 Å². The summed E-state index contributed by atoms with van der Waals surface area (Å²) >= 11 is 0. The lowest BCUT2D eigenvalue weighted by atomic mass is 10.0. The van der Waals surface area contributed by atoms with Gasteiger partial charge in [0.2, 0.25) is 0 Å². The van der Waals surface area contributed by atoms with E-state index in [0.717, 1.165) is 7.11 Å².